The molecule has 2 aromatic rings. The van der Waals surface area contributed by atoms with E-state index in [9.17, 15) is 5.11 Å². The Labute approximate surface area is 132 Å². The predicted octanol–water partition coefficient (Wildman–Crippen LogP) is 2.65. The molecule has 0 radical (unpaired) electrons. The summed E-state index contributed by atoms with van der Waals surface area (Å²) in [5.41, 5.74) is 2.26. The van der Waals surface area contributed by atoms with Crippen LogP contribution in [0.15, 0.2) is 54.9 Å². The highest BCUT2D eigenvalue weighted by atomic mass is 16.5. The normalized spacial score (nSPS) is 14.0. The number of ether oxygens (including phenoxy) is 1. The molecule has 0 spiro atoms. The first-order valence-electron chi connectivity index (χ1n) is 7.56. The van der Waals surface area contributed by atoms with Gasteiger partial charge in [-0.15, -0.1) is 0 Å². The van der Waals surface area contributed by atoms with Crippen LogP contribution in [0.4, 0.5) is 0 Å². The van der Waals surface area contributed by atoms with Crippen molar-refractivity contribution in [2.24, 2.45) is 0 Å². The van der Waals surface area contributed by atoms with E-state index in [-0.39, 0.29) is 6.04 Å². The number of benzene rings is 1. The Morgan fingerprint density at radius 1 is 1.18 bits per heavy atom. The lowest BCUT2D eigenvalue weighted by Crippen LogP contribution is -2.34. The fraction of sp³-hybridized carbons (Fsp3) is 0.389. The number of aromatic nitrogens is 1. The van der Waals surface area contributed by atoms with Crippen LogP contribution >= 0.6 is 0 Å². The van der Waals surface area contributed by atoms with Crippen molar-refractivity contribution in [1.82, 2.24) is 9.88 Å². The molecule has 4 nitrogen and oxygen atoms in total. The van der Waals surface area contributed by atoms with Gasteiger partial charge in [-0.25, -0.2) is 0 Å². The van der Waals surface area contributed by atoms with Crippen molar-refractivity contribution in [2.75, 3.05) is 20.2 Å². The minimum atomic E-state index is -0.507. The zero-order valence-corrected chi connectivity index (χ0v) is 13.2. The second-order valence-electron chi connectivity index (χ2n) is 5.56. The molecule has 118 valence electrons. The van der Waals surface area contributed by atoms with Crippen LogP contribution in [-0.4, -0.2) is 41.3 Å². The smallest absolute Gasteiger partial charge is 0.0900 e. The van der Waals surface area contributed by atoms with E-state index in [0.717, 1.165) is 11.1 Å². The molecule has 1 heterocycles. The summed E-state index contributed by atoms with van der Waals surface area (Å²) in [4.78, 5) is 6.24. The van der Waals surface area contributed by atoms with Crippen molar-refractivity contribution >= 4 is 0 Å². The van der Waals surface area contributed by atoms with E-state index in [2.05, 4.69) is 16.8 Å². The van der Waals surface area contributed by atoms with Gasteiger partial charge in [-0.2, -0.15) is 0 Å². The van der Waals surface area contributed by atoms with Crippen molar-refractivity contribution in [2.45, 2.75) is 25.7 Å². The molecule has 0 amide bonds. The number of rotatable bonds is 8. The highest BCUT2D eigenvalue weighted by Crippen LogP contribution is 2.17. The maximum absolute atomic E-state index is 10.1. The van der Waals surface area contributed by atoms with Gasteiger partial charge in [-0.05, 0) is 31.2 Å². The topological polar surface area (TPSA) is 45.6 Å². The Bertz CT molecular complexity index is 533. The number of aliphatic hydroxyl groups excluding tert-OH is 1. The van der Waals surface area contributed by atoms with Crippen LogP contribution < -0.4 is 0 Å². The SMILES string of the molecule is CC(c1cccnc1)N(C)CC(O)COCc1ccccc1. The number of likely N-dealkylation sites (N-methyl/N-ethyl adjacent to an activating group) is 1. The predicted molar refractivity (Wildman–Crippen MR) is 87.4 cm³/mol. The van der Waals surface area contributed by atoms with Gasteiger partial charge in [0.05, 0.1) is 19.3 Å². The maximum atomic E-state index is 10.1. The molecule has 2 unspecified atom stereocenters. The van der Waals surface area contributed by atoms with Crippen LogP contribution in [0.1, 0.15) is 24.1 Å². The van der Waals surface area contributed by atoms with Crippen LogP contribution in [0.2, 0.25) is 0 Å². The molecule has 2 atom stereocenters. The summed E-state index contributed by atoms with van der Waals surface area (Å²) in [6, 6.07) is 14.2. The van der Waals surface area contributed by atoms with Crippen LogP contribution in [0, 0.1) is 0 Å². The van der Waals surface area contributed by atoms with Gasteiger partial charge < -0.3 is 9.84 Å². The average molecular weight is 300 g/mol. The molecule has 0 aliphatic heterocycles. The van der Waals surface area contributed by atoms with Crippen LogP contribution in [0.5, 0.6) is 0 Å². The third-order valence-corrected chi connectivity index (χ3v) is 3.75. The number of hydrogen-bond donors (Lipinski definition) is 1. The van der Waals surface area contributed by atoms with E-state index in [1.54, 1.807) is 6.20 Å². The van der Waals surface area contributed by atoms with Crippen LogP contribution in [0.25, 0.3) is 0 Å². The second kappa shape index (κ2) is 8.63. The monoisotopic (exact) mass is 300 g/mol. The van der Waals surface area contributed by atoms with Gasteiger partial charge in [0.25, 0.3) is 0 Å². The molecular formula is C18H24N2O2. The zero-order valence-electron chi connectivity index (χ0n) is 13.2. The first-order valence-corrected chi connectivity index (χ1v) is 7.56. The first kappa shape index (κ1) is 16.6. The molecular weight excluding hydrogens is 276 g/mol. The summed E-state index contributed by atoms with van der Waals surface area (Å²) in [6.45, 7) is 3.53. The number of aliphatic hydroxyl groups is 1. The van der Waals surface area contributed by atoms with E-state index < -0.39 is 6.10 Å². The standard InChI is InChI=1S/C18H24N2O2/c1-15(17-9-6-10-19-11-17)20(2)12-18(21)14-22-13-16-7-4-3-5-8-16/h3-11,15,18,21H,12-14H2,1-2H3. The Morgan fingerprint density at radius 2 is 1.95 bits per heavy atom. The molecule has 1 N–H and O–H groups in total. The van der Waals surface area contributed by atoms with Crippen molar-refractivity contribution in [1.29, 1.82) is 0 Å². The minimum Gasteiger partial charge on any atom is -0.389 e. The molecule has 0 aliphatic carbocycles. The summed E-state index contributed by atoms with van der Waals surface area (Å²) in [5.74, 6) is 0. The largest absolute Gasteiger partial charge is 0.389 e. The summed E-state index contributed by atoms with van der Waals surface area (Å²) in [7, 11) is 2.00. The van der Waals surface area contributed by atoms with Crippen molar-refractivity contribution in [3.63, 3.8) is 0 Å². The Hall–Kier alpha value is -1.75. The summed E-state index contributed by atoms with van der Waals surface area (Å²) in [5, 5.41) is 10.1. The lowest BCUT2D eigenvalue weighted by molar-refractivity contribution is 0.00852. The lowest BCUT2D eigenvalue weighted by atomic mass is 10.1. The number of hydrogen-bond acceptors (Lipinski definition) is 4. The molecule has 1 aromatic heterocycles. The second-order valence-corrected chi connectivity index (χ2v) is 5.56. The molecule has 2 rings (SSSR count). The van der Waals surface area contributed by atoms with Gasteiger partial charge in [0.2, 0.25) is 0 Å². The minimum absolute atomic E-state index is 0.206. The van der Waals surface area contributed by atoms with Crippen molar-refractivity contribution in [3.05, 3.63) is 66.0 Å². The number of pyridine rings is 1. The highest BCUT2D eigenvalue weighted by molar-refractivity contribution is 5.14. The Kier molecular flexibility index (Phi) is 6.52. The van der Waals surface area contributed by atoms with E-state index in [1.165, 1.54) is 0 Å². The molecule has 0 fully saturated rings. The number of nitrogens with zero attached hydrogens (tertiary/aromatic N) is 2. The fourth-order valence-corrected chi connectivity index (χ4v) is 2.31. The average Bonchev–Trinajstić information content (AvgIpc) is 2.56. The van der Waals surface area contributed by atoms with Crippen LogP contribution in [0.3, 0.4) is 0 Å². The molecule has 1 aromatic carbocycles. The van der Waals surface area contributed by atoms with E-state index in [1.807, 2.05) is 55.7 Å². The van der Waals surface area contributed by atoms with Gasteiger partial charge in [0, 0.05) is 25.0 Å². The molecule has 0 saturated carbocycles. The van der Waals surface area contributed by atoms with Crippen molar-refractivity contribution in [3.8, 4) is 0 Å². The van der Waals surface area contributed by atoms with Crippen molar-refractivity contribution < 1.29 is 9.84 Å². The first-order chi connectivity index (χ1) is 10.7. The molecule has 0 bridgehead atoms. The molecule has 0 saturated heterocycles. The maximum Gasteiger partial charge on any atom is 0.0900 e. The van der Waals surface area contributed by atoms with Gasteiger partial charge >= 0.3 is 0 Å². The summed E-state index contributed by atoms with van der Waals surface area (Å²) >= 11 is 0. The van der Waals surface area contributed by atoms with Crippen LogP contribution in [-0.2, 0) is 11.3 Å². The van der Waals surface area contributed by atoms with Gasteiger partial charge in [-0.3, -0.25) is 9.88 Å². The quantitative estimate of drug-likeness (QED) is 0.814. The van der Waals surface area contributed by atoms with E-state index in [0.29, 0.717) is 19.8 Å². The van der Waals surface area contributed by atoms with E-state index in [4.69, 9.17) is 4.74 Å². The highest BCUT2D eigenvalue weighted by Gasteiger charge is 2.15. The molecule has 4 heteroatoms. The summed E-state index contributed by atoms with van der Waals surface area (Å²) in [6.07, 6.45) is 3.12. The summed E-state index contributed by atoms with van der Waals surface area (Å²) < 4.78 is 5.58. The zero-order chi connectivity index (χ0) is 15.8. The molecule has 0 aliphatic rings. The third-order valence-electron chi connectivity index (χ3n) is 3.75. The molecule has 22 heavy (non-hydrogen) atoms. The fourth-order valence-electron chi connectivity index (χ4n) is 2.31. The van der Waals surface area contributed by atoms with Gasteiger partial charge in [0.1, 0.15) is 0 Å². The Balaban J connectivity index is 1.73. The van der Waals surface area contributed by atoms with E-state index >= 15 is 0 Å². The van der Waals surface area contributed by atoms with Gasteiger partial charge in [-0.1, -0.05) is 36.4 Å². The van der Waals surface area contributed by atoms with Gasteiger partial charge in [0.15, 0.2) is 0 Å². The lowest BCUT2D eigenvalue weighted by Gasteiger charge is -2.27. The third kappa shape index (κ3) is 5.22. The Morgan fingerprint density at radius 3 is 2.64 bits per heavy atom.